The number of rotatable bonds is 10. The Morgan fingerprint density at radius 1 is 0.969 bits per heavy atom. The highest BCUT2D eigenvalue weighted by atomic mass is 32.2. The summed E-state index contributed by atoms with van der Waals surface area (Å²) in [5.41, 5.74) is 1.79. The molecule has 0 unspecified atom stereocenters. The van der Waals surface area contributed by atoms with Crippen LogP contribution in [0, 0.1) is 0 Å². The van der Waals surface area contributed by atoms with Gasteiger partial charge in [0.05, 0.1) is 32.8 Å². The number of thioether (sulfide) groups is 1. The molecule has 0 fully saturated rings. The molecule has 0 saturated carbocycles. The first-order valence-electron chi connectivity index (χ1n) is 9.52. The molecule has 0 aliphatic carbocycles. The highest BCUT2D eigenvalue weighted by Gasteiger charge is 2.19. The number of nitrogens with one attached hydrogen (secondary N) is 2. The SMILES string of the molecule is COc1ccc(NC(=O)CSCc2csc(NC(=O)c3c(OC)cccc3OC)n2)cc1. The van der Waals surface area contributed by atoms with Crippen LogP contribution in [0.1, 0.15) is 16.1 Å². The van der Waals surface area contributed by atoms with Gasteiger partial charge in [-0.25, -0.2) is 4.98 Å². The second-order valence-electron chi connectivity index (χ2n) is 6.41. The van der Waals surface area contributed by atoms with Gasteiger partial charge in [0, 0.05) is 16.8 Å². The van der Waals surface area contributed by atoms with Crippen LogP contribution < -0.4 is 24.8 Å². The molecule has 8 nitrogen and oxygen atoms in total. The lowest BCUT2D eigenvalue weighted by Crippen LogP contribution is -2.14. The van der Waals surface area contributed by atoms with Gasteiger partial charge in [0.2, 0.25) is 5.91 Å². The minimum absolute atomic E-state index is 0.104. The van der Waals surface area contributed by atoms with Gasteiger partial charge in [-0.15, -0.1) is 23.1 Å². The fourth-order valence-electron chi connectivity index (χ4n) is 2.79. The van der Waals surface area contributed by atoms with E-state index in [1.165, 1.54) is 37.3 Å². The van der Waals surface area contributed by atoms with Gasteiger partial charge in [0.15, 0.2) is 5.13 Å². The van der Waals surface area contributed by atoms with Crippen LogP contribution in [0.5, 0.6) is 17.2 Å². The van der Waals surface area contributed by atoms with Crippen molar-refractivity contribution in [1.29, 1.82) is 0 Å². The first-order chi connectivity index (χ1) is 15.5. The molecule has 3 aromatic rings. The number of carbonyl (C=O) groups excluding carboxylic acids is 2. The lowest BCUT2D eigenvalue weighted by Gasteiger charge is -2.11. The van der Waals surface area contributed by atoms with Gasteiger partial charge < -0.3 is 19.5 Å². The molecule has 10 heteroatoms. The summed E-state index contributed by atoms with van der Waals surface area (Å²) in [7, 11) is 4.58. The largest absolute Gasteiger partial charge is 0.497 e. The van der Waals surface area contributed by atoms with Crippen molar-refractivity contribution in [2.24, 2.45) is 0 Å². The number of ether oxygens (including phenoxy) is 3. The fraction of sp³-hybridized carbons (Fsp3) is 0.227. The predicted molar refractivity (Wildman–Crippen MR) is 127 cm³/mol. The zero-order valence-corrected chi connectivity index (χ0v) is 19.5. The van der Waals surface area contributed by atoms with Crippen molar-refractivity contribution in [1.82, 2.24) is 4.98 Å². The van der Waals surface area contributed by atoms with Crippen LogP contribution in [0.3, 0.4) is 0 Å². The average molecular weight is 474 g/mol. The Morgan fingerprint density at radius 3 is 2.28 bits per heavy atom. The van der Waals surface area contributed by atoms with Crippen molar-refractivity contribution in [2.75, 3.05) is 37.7 Å². The van der Waals surface area contributed by atoms with Crippen LogP contribution in [-0.2, 0) is 10.5 Å². The fourth-order valence-corrected chi connectivity index (χ4v) is 4.31. The topological polar surface area (TPSA) is 98.8 Å². The van der Waals surface area contributed by atoms with E-state index in [0.717, 1.165) is 11.4 Å². The summed E-state index contributed by atoms with van der Waals surface area (Å²) in [4.78, 5) is 29.3. The lowest BCUT2D eigenvalue weighted by molar-refractivity contribution is -0.113. The molecule has 3 rings (SSSR count). The number of benzene rings is 2. The zero-order chi connectivity index (χ0) is 22.9. The molecule has 0 spiro atoms. The van der Waals surface area contributed by atoms with Crippen LogP contribution in [0.4, 0.5) is 10.8 Å². The van der Waals surface area contributed by atoms with Crippen LogP contribution in [0.25, 0.3) is 0 Å². The van der Waals surface area contributed by atoms with E-state index < -0.39 is 0 Å². The molecular weight excluding hydrogens is 450 g/mol. The van der Waals surface area contributed by atoms with E-state index in [-0.39, 0.29) is 17.6 Å². The molecule has 1 aromatic heterocycles. The predicted octanol–water partition coefficient (Wildman–Crippen LogP) is 4.29. The maximum absolute atomic E-state index is 12.7. The molecule has 0 saturated heterocycles. The molecule has 0 radical (unpaired) electrons. The number of anilines is 2. The van der Waals surface area contributed by atoms with Crippen molar-refractivity contribution in [3.8, 4) is 17.2 Å². The molecule has 0 aliphatic heterocycles. The number of amides is 2. The van der Waals surface area contributed by atoms with E-state index in [1.807, 2.05) is 5.38 Å². The zero-order valence-electron chi connectivity index (χ0n) is 17.8. The molecule has 2 amide bonds. The van der Waals surface area contributed by atoms with Crippen LogP contribution in [0.2, 0.25) is 0 Å². The van der Waals surface area contributed by atoms with Crippen molar-refractivity contribution in [3.05, 3.63) is 59.1 Å². The Kier molecular flexibility index (Phi) is 8.34. The summed E-state index contributed by atoms with van der Waals surface area (Å²) in [6.45, 7) is 0. The van der Waals surface area contributed by atoms with Gasteiger partial charge in [-0.2, -0.15) is 0 Å². The first-order valence-corrected chi connectivity index (χ1v) is 11.6. The second-order valence-corrected chi connectivity index (χ2v) is 8.25. The Labute approximate surface area is 194 Å². The molecule has 2 aromatic carbocycles. The third kappa shape index (κ3) is 6.14. The van der Waals surface area contributed by atoms with Gasteiger partial charge in [0.1, 0.15) is 22.8 Å². The van der Waals surface area contributed by atoms with Crippen LogP contribution >= 0.6 is 23.1 Å². The maximum Gasteiger partial charge on any atom is 0.265 e. The number of hydrogen-bond donors (Lipinski definition) is 2. The van der Waals surface area contributed by atoms with E-state index in [9.17, 15) is 9.59 Å². The van der Waals surface area contributed by atoms with E-state index in [4.69, 9.17) is 14.2 Å². The molecule has 0 aliphatic rings. The van der Waals surface area contributed by atoms with E-state index in [1.54, 1.807) is 49.6 Å². The van der Waals surface area contributed by atoms with Crippen molar-refractivity contribution < 1.29 is 23.8 Å². The Balaban J connectivity index is 1.51. The normalized spacial score (nSPS) is 10.3. The Hall–Kier alpha value is -3.24. The summed E-state index contributed by atoms with van der Waals surface area (Å²) in [6, 6.07) is 12.3. The third-order valence-corrected chi connectivity index (χ3v) is 6.06. The number of aromatic nitrogens is 1. The maximum atomic E-state index is 12.7. The summed E-state index contributed by atoms with van der Waals surface area (Å²) in [6.07, 6.45) is 0. The lowest BCUT2D eigenvalue weighted by atomic mass is 10.1. The number of thiazole rings is 1. The smallest absolute Gasteiger partial charge is 0.265 e. The van der Waals surface area contributed by atoms with Crippen molar-refractivity contribution >= 4 is 45.7 Å². The van der Waals surface area contributed by atoms with Crippen LogP contribution in [0.15, 0.2) is 47.8 Å². The van der Waals surface area contributed by atoms with Gasteiger partial charge in [0.25, 0.3) is 5.91 Å². The number of nitrogens with zero attached hydrogens (tertiary/aromatic N) is 1. The van der Waals surface area contributed by atoms with Gasteiger partial charge in [-0.3, -0.25) is 14.9 Å². The third-order valence-electron chi connectivity index (χ3n) is 4.28. The van der Waals surface area contributed by atoms with Gasteiger partial charge in [-0.1, -0.05) is 6.07 Å². The van der Waals surface area contributed by atoms with Gasteiger partial charge >= 0.3 is 0 Å². The molecular formula is C22H23N3O5S2. The standard InChI is InChI=1S/C22H23N3O5S2/c1-28-16-9-7-14(8-10-16)23-19(26)13-31-11-15-12-32-22(24-15)25-21(27)20-17(29-2)5-4-6-18(20)30-3/h4-10,12H,11,13H2,1-3H3,(H,23,26)(H,24,25,27). The van der Waals surface area contributed by atoms with Crippen molar-refractivity contribution in [3.63, 3.8) is 0 Å². The second kappa shape index (κ2) is 11.4. The number of hydrogen-bond acceptors (Lipinski definition) is 8. The average Bonchev–Trinajstić information content (AvgIpc) is 3.25. The molecule has 2 N–H and O–H groups in total. The molecule has 0 atom stereocenters. The minimum Gasteiger partial charge on any atom is -0.497 e. The first kappa shape index (κ1) is 23.4. The molecule has 0 bridgehead atoms. The van der Waals surface area contributed by atoms with Crippen molar-refractivity contribution in [2.45, 2.75) is 5.75 Å². The quantitative estimate of drug-likeness (QED) is 0.453. The number of carbonyl (C=O) groups is 2. The van der Waals surface area contributed by atoms with E-state index in [2.05, 4.69) is 15.6 Å². The summed E-state index contributed by atoms with van der Waals surface area (Å²) >= 11 is 2.75. The number of methoxy groups -OCH3 is 3. The molecule has 168 valence electrons. The summed E-state index contributed by atoms with van der Waals surface area (Å²) < 4.78 is 15.7. The van der Waals surface area contributed by atoms with E-state index >= 15 is 0 Å². The molecule has 1 heterocycles. The Bertz CT molecular complexity index is 1050. The van der Waals surface area contributed by atoms with Crippen LogP contribution in [-0.4, -0.2) is 43.9 Å². The van der Waals surface area contributed by atoms with E-state index in [0.29, 0.717) is 33.6 Å². The highest BCUT2D eigenvalue weighted by molar-refractivity contribution is 7.99. The highest BCUT2D eigenvalue weighted by Crippen LogP contribution is 2.29. The minimum atomic E-state index is -0.369. The summed E-state index contributed by atoms with van der Waals surface area (Å²) in [5.74, 6) is 1.91. The monoisotopic (exact) mass is 473 g/mol. The van der Waals surface area contributed by atoms with Gasteiger partial charge in [-0.05, 0) is 36.4 Å². The Morgan fingerprint density at radius 2 is 1.66 bits per heavy atom. The molecule has 32 heavy (non-hydrogen) atoms. The summed E-state index contributed by atoms with van der Waals surface area (Å²) in [5, 5.41) is 7.93.